The Kier molecular flexibility index (Phi) is 5.37. The molecule has 2 N–H and O–H groups in total. The number of hydrogen-bond acceptors (Lipinski definition) is 3. The van der Waals surface area contributed by atoms with Gasteiger partial charge in [0.05, 0.1) is 19.2 Å². The maximum absolute atomic E-state index is 12.8. The van der Waals surface area contributed by atoms with Crippen LogP contribution >= 0.6 is 0 Å². The van der Waals surface area contributed by atoms with Crippen molar-refractivity contribution in [2.24, 2.45) is 0 Å². The lowest BCUT2D eigenvalue weighted by Crippen LogP contribution is -2.39. The molecule has 2 atom stereocenters. The van der Waals surface area contributed by atoms with Crippen molar-refractivity contribution in [1.29, 1.82) is 0 Å². The molecule has 1 saturated heterocycles. The zero-order chi connectivity index (χ0) is 22.1. The molecule has 0 saturated carbocycles. The number of amides is 3. The van der Waals surface area contributed by atoms with Crippen molar-refractivity contribution >= 4 is 33.7 Å². The van der Waals surface area contributed by atoms with Gasteiger partial charge in [-0.05, 0) is 30.5 Å². The quantitative estimate of drug-likeness (QED) is 0.442. The molecule has 3 aromatic carbocycles. The summed E-state index contributed by atoms with van der Waals surface area (Å²) in [6.07, 6.45) is 0.361. The number of rotatable bonds is 7. The molecule has 4 aromatic rings. The van der Waals surface area contributed by atoms with E-state index in [0.717, 1.165) is 32.3 Å². The van der Waals surface area contributed by atoms with Crippen LogP contribution in [-0.4, -0.2) is 45.2 Å². The van der Waals surface area contributed by atoms with Crippen LogP contribution in [0.2, 0.25) is 0 Å². The van der Waals surface area contributed by atoms with Gasteiger partial charge in [-0.2, -0.15) is 0 Å². The van der Waals surface area contributed by atoms with Crippen molar-refractivity contribution < 1.29 is 14.7 Å². The molecule has 0 radical (unpaired) electrons. The van der Waals surface area contributed by atoms with Gasteiger partial charge in [-0.25, -0.2) is 4.79 Å². The van der Waals surface area contributed by atoms with Gasteiger partial charge in [0, 0.05) is 21.8 Å². The molecule has 32 heavy (non-hydrogen) atoms. The number of aryl methyl sites for hydroxylation is 1. The van der Waals surface area contributed by atoms with Gasteiger partial charge < -0.3 is 15.0 Å². The van der Waals surface area contributed by atoms with E-state index < -0.39 is 18.2 Å². The molecule has 2 unspecified atom stereocenters. The SMILES string of the molecule is O=C1NC(CCc2ccccc2)C(=O)N1CC(O)Cn1c2ccccc2c2ccccc21. The maximum atomic E-state index is 12.8. The Bertz CT molecular complexity index is 1230. The Labute approximate surface area is 186 Å². The first kappa shape index (κ1) is 20.3. The van der Waals surface area contributed by atoms with Crippen LogP contribution in [0, 0.1) is 0 Å². The monoisotopic (exact) mass is 427 g/mol. The zero-order valence-electron chi connectivity index (χ0n) is 17.6. The average molecular weight is 428 g/mol. The Hall–Kier alpha value is -3.64. The van der Waals surface area contributed by atoms with Crippen molar-refractivity contribution in [3.63, 3.8) is 0 Å². The van der Waals surface area contributed by atoms with E-state index in [2.05, 4.69) is 22.0 Å². The maximum Gasteiger partial charge on any atom is 0.324 e. The minimum Gasteiger partial charge on any atom is -0.389 e. The molecule has 1 fully saturated rings. The van der Waals surface area contributed by atoms with E-state index in [1.807, 2.05) is 66.7 Å². The molecule has 0 aliphatic carbocycles. The Balaban J connectivity index is 1.29. The number of carbonyl (C=O) groups excluding carboxylic acids is 2. The number of nitrogens with zero attached hydrogens (tertiary/aromatic N) is 2. The number of fused-ring (bicyclic) bond motifs is 3. The topological polar surface area (TPSA) is 74.6 Å². The van der Waals surface area contributed by atoms with Gasteiger partial charge in [0.25, 0.3) is 5.91 Å². The molecule has 3 amide bonds. The second kappa shape index (κ2) is 8.48. The highest BCUT2D eigenvalue weighted by molar-refractivity contribution is 6.08. The van der Waals surface area contributed by atoms with E-state index in [1.54, 1.807) is 0 Å². The average Bonchev–Trinajstić information content (AvgIpc) is 3.28. The molecular weight excluding hydrogens is 402 g/mol. The molecule has 1 aromatic heterocycles. The highest BCUT2D eigenvalue weighted by Crippen LogP contribution is 2.29. The smallest absolute Gasteiger partial charge is 0.324 e. The summed E-state index contributed by atoms with van der Waals surface area (Å²) in [5.41, 5.74) is 3.16. The van der Waals surface area contributed by atoms with Gasteiger partial charge in [0.2, 0.25) is 0 Å². The second-order valence-corrected chi connectivity index (χ2v) is 8.27. The van der Waals surface area contributed by atoms with Crippen LogP contribution < -0.4 is 5.32 Å². The molecule has 2 heterocycles. The fraction of sp³-hybridized carbons (Fsp3) is 0.231. The van der Waals surface area contributed by atoms with E-state index in [4.69, 9.17) is 0 Å². The van der Waals surface area contributed by atoms with Crippen molar-refractivity contribution in [3.8, 4) is 0 Å². The summed E-state index contributed by atoms with van der Waals surface area (Å²) in [7, 11) is 0. The Morgan fingerprint density at radius 3 is 2.06 bits per heavy atom. The first-order chi connectivity index (χ1) is 15.6. The normalized spacial score (nSPS) is 17.3. The van der Waals surface area contributed by atoms with Gasteiger partial charge in [0.1, 0.15) is 6.04 Å². The number of imide groups is 1. The number of β-amino-alcohol motifs (C(OH)–C–C–N with tert-alkyl or cyclic N) is 1. The second-order valence-electron chi connectivity index (χ2n) is 8.27. The number of nitrogens with one attached hydrogen (secondary N) is 1. The fourth-order valence-electron chi connectivity index (χ4n) is 4.58. The van der Waals surface area contributed by atoms with E-state index >= 15 is 0 Å². The third-order valence-electron chi connectivity index (χ3n) is 6.14. The molecule has 1 aliphatic heterocycles. The summed E-state index contributed by atoms with van der Waals surface area (Å²) in [5.74, 6) is -0.271. The summed E-state index contributed by atoms with van der Waals surface area (Å²) >= 11 is 0. The van der Waals surface area contributed by atoms with E-state index in [9.17, 15) is 14.7 Å². The van der Waals surface area contributed by atoms with Crippen molar-refractivity contribution in [2.45, 2.75) is 31.5 Å². The summed E-state index contributed by atoms with van der Waals surface area (Å²) in [5, 5.41) is 15.8. The predicted octanol–water partition coefficient (Wildman–Crippen LogP) is 3.71. The van der Waals surface area contributed by atoms with Crippen molar-refractivity contribution in [3.05, 3.63) is 84.4 Å². The minimum atomic E-state index is -0.878. The fourth-order valence-corrected chi connectivity index (χ4v) is 4.58. The lowest BCUT2D eigenvalue weighted by Gasteiger charge is -2.19. The van der Waals surface area contributed by atoms with E-state index in [0.29, 0.717) is 19.4 Å². The number of benzene rings is 3. The molecule has 1 aliphatic rings. The number of para-hydroxylation sites is 2. The van der Waals surface area contributed by atoms with Crippen LogP contribution in [0.25, 0.3) is 21.8 Å². The molecule has 5 rings (SSSR count). The summed E-state index contributed by atoms with van der Waals surface area (Å²) in [6, 6.07) is 25.0. The van der Waals surface area contributed by atoms with Crippen LogP contribution in [0.4, 0.5) is 4.79 Å². The van der Waals surface area contributed by atoms with Gasteiger partial charge in [-0.1, -0.05) is 66.7 Å². The number of urea groups is 1. The summed E-state index contributed by atoms with van der Waals surface area (Å²) < 4.78 is 2.06. The molecule has 6 nitrogen and oxygen atoms in total. The van der Waals surface area contributed by atoms with Crippen molar-refractivity contribution in [2.75, 3.05) is 6.54 Å². The van der Waals surface area contributed by atoms with E-state index in [1.165, 1.54) is 0 Å². The number of carbonyl (C=O) groups is 2. The third kappa shape index (κ3) is 3.74. The highest BCUT2D eigenvalue weighted by Gasteiger charge is 2.38. The third-order valence-corrected chi connectivity index (χ3v) is 6.14. The van der Waals surface area contributed by atoms with Crippen LogP contribution in [0.3, 0.4) is 0 Å². The largest absolute Gasteiger partial charge is 0.389 e. The van der Waals surface area contributed by atoms with Crippen LogP contribution in [-0.2, 0) is 17.8 Å². The minimum absolute atomic E-state index is 0.0344. The standard InChI is InChI=1S/C26H25N3O3/c30-19(16-28-23-12-6-4-10-20(23)21-11-5-7-13-24(21)28)17-29-25(31)22(27-26(29)32)15-14-18-8-2-1-3-9-18/h1-13,19,22,30H,14-17H2,(H,27,32). The zero-order valence-corrected chi connectivity index (χ0v) is 17.6. The predicted molar refractivity (Wildman–Crippen MR) is 124 cm³/mol. The van der Waals surface area contributed by atoms with Crippen molar-refractivity contribution in [1.82, 2.24) is 14.8 Å². The molecular formula is C26H25N3O3. The molecule has 6 heteroatoms. The molecule has 0 spiro atoms. The molecule has 162 valence electrons. The lowest BCUT2D eigenvalue weighted by molar-refractivity contribution is -0.128. The van der Waals surface area contributed by atoms with E-state index in [-0.39, 0.29) is 12.5 Å². The Morgan fingerprint density at radius 1 is 0.812 bits per heavy atom. The summed E-state index contributed by atoms with van der Waals surface area (Å²) in [6.45, 7) is 0.257. The first-order valence-corrected chi connectivity index (χ1v) is 10.9. The number of aliphatic hydroxyl groups is 1. The number of hydrogen-bond donors (Lipinski definition) is 2. The van der Waals surface area contributed by atoms with Crippen LogP contribution in [0.1, 0.15) is 12.0 Å². The Morgan fingerprint density at radius 2 is 1.41 bits per heavy atom. The van der Waals surface area contributed by atoms with Gasteiger partial charge in [-0.3, -0.25) is 9.69 Å². The number of aromatic nitrogens is 1. The van der Waals surface area contributed by atoms with Crippen LogP contribution in [0.15, 0.2) is 78.9 Å². The lowest BCUT2D eigenvalue weighted by atomic mass is 10.1. The van der Waals surface area contributed by atoms with Gasteiger partial charge in [-0.15, -0.1) is 0 Å². The van der Waals surface area contributed by atoms with Gasteiger partial charge in [0.15, 0.2) is 0 Å². The molecule has 0 bridgehead atoms. The van der Waals surface area contributed by atoms with Gasteiger partial charge >= 0.3 is 6.03 Å². The summed E-state index contributed by atoms with van der Waals surface area (Å²) in [4.78, 5) is 26.4. The highest BCUT2D eigenvalue weighted by atomic mass is 16.3. The van der Waals surface area contributed by atoms with Crippen LogP contribution in [0.5, 0.6) is 0 Å². The number of aliphatic hydroxyl groups excluding tert-OH is 1. The first-order valence-electron chi connectivity index (χ1n) is 10.9.